The minimum Gasteiger partial charge on any atom is -0.307 e. The third-order valence-electron chi connectivity index (χ3n) is 2.18. The second-order valence-corrected chi connectivity index (χ2v) is 4.63. The quantitative estimate of drug-likeness (QED) is 0.879. The number of carbonyl (C=O) groups excluding carboxylic acids is 1. The maximum Gasteiger partial charge on any atom is 0.324 e. The molecule has 0 aliphatic heterocycles. The number of hydrogen-bond acceptors (Lipinski definition) is 3. The Kier molecular flexibility index (Phi) is 3.43. The maximum absolute atomic E-state index is 11.7. The Morgan fingerprint density at radius 3 is 2.88 bits per heavy atom. The molecule has 0 aromatic carbocycles. The van der Waals surface area contributed by atoms with Gasteiger partial charge in [0.25, 0.3) is 0 Å². The smallest absolute Gasteiger partial charge is 0.307 e. The second-order valence-electron chi connectivity index (χ2n) is 3.85. The molecule has 0 saturated heterocycles. The van der Waals surface area contributed by atoms with Gasteiger partial charge < -0.3 is 5.32 Å². The number of amides is 2. The molecule has 2 aromatic rings. The minimum atomic E-state index is -0.259. The van der Waals surface area contributed by atoms with Gasteiger partial charge in [-0.15, -0.1) is 0 Å². The van der Waals surface area contributed by atoms with Crippen LogP contribution >= 0.6 is 11.3 Å². The summed E-state index contributed by atoms with van der Waals surface area (Å²) in [5.41, 5.74) is 0.795. The molecule has 0 atom stereocenters. The van der Waals surface area contributed by atoms with Crippen LogP contribution in [0, 0.1) is 0 Å². The third kappa shape index (κ3) is 2.85. The van der Waals surface area contributed by atoms with E-state index in [0.717, 1.165) is 5.69 Å². The molecular weight excluding hydrogens is 236 g/mol. The first kappa shape index (κ1) is 11.7. The summed E-state index contributed by atoms with van der Waals surface area (Å²) in [6.07, 6.45) is 1.67. The minimum absolute atomic E-state index is 0.210. The lowest BCUT2D eigenvalue weighted by molar-refractivity contribution is 0.262. The maximum atomic E-state index is 11.7. The van der Waals surface area contributed by atoms with Crippen LogP contribution in [-0.2, 0) is 0 Å². The zero-order valence-electron chi connectivity index (χ0n) is 9.68. The molecule has 2 heterocycles. The Labute approximate surface area is 103 Å². The van der Waals surface area contributed by atoms with Crippen LogP contribution in [0.2, 0.25) is 0 Å². The van der Waals surface area contributed by atoms with Crippen molar-refractivity contribution >= 4 is 28.9 Å². The zero-order valence-corrected chi connectivity index (χ0v) is 10.5. The predicted molar refractivity (Wildman–Crippen MR) is 69.6 cm³/mol. The Balaban J connectivity index is 2.01. The van der Waals surface area contributed by atoms with E-state index in [-0.39, 0.29) is 12.1 Å². The van der Waals surface area contributed by atoms with Crippen molar-refractivity contribution in [3.63, 3.8) is 0 Å². The van der Waals surface area contributed by atoms with Crippen LogP contribution < -0.4 is 10.6 Å². The van der Waals surface area contributed by atoms with Gasteiger partial charge in [0, 0.05) is 17.5 Å². The summed E-state index contributed by atoms with van der Waals surface area (Å²) in [5, 5.41) is 13.4. The summed E-state index contributed by atoms with van der Waals surface area (Å²) >= 11 is 1.54. The van der Waals surface area contributed by atoms with E-state index in [4.69, 9.17) is 0 Å². The average Bonchev–Trinajstić information content (AvgIpc) is 2.88. The van der Waals surface area contributed by atoms with Gasteiger partial charge in [-0.25, -0.2) is 9.48 Å². The molecule has 0 spiro atoms. The molecule has 2 N–H and O–H groups in total. The Bertz CT molecular complexity index is 489. The van der Waals surface area contributed by atoms with Crippen molar-refractivity contribution in [2.45, 2.75) is 19.9 Å². The lowest BCUT2D eigenvalue weighted by Gasteiger charge is -2.11. The lowest BCUT2D eigenvalue weighted by atomic mass is 10.4. The fraction of sp³-hybridized carbons (Fsp3) is 0.273. The fourth-order valence-electron chi connectivity index (χ4n) is 1.44. The third-order valence-corrected chi connectivity index (χ3v) is 2.86. The van der Waals surface area contributed by atoms with Crippen LogP contribution in [0.25, 0.3) is 0 Å². The van der Waals surface area contributed by atoms with E-state index in [2.05, 4.69) is 15.7 Å². The van der Waals surface area contributed by atoms with Crippen molar-refractivity contribution in [3.8, 4) is 0 Å². The molecule has 0 aliphatic rings. The molecule has 17 heavy (non-hydrogen) atoms. The van der Waals surface area contributed by atoms with Gasteiger partial charge in [0.1, 0.15) is 5.82 Å². The van der Waals surface area contributed by atoms with Gasteiger partial charge in [0.15, 0.2) is 0 Å². The number of nitrogens with one attached hydrogen (secondary N) is 2. The van der Waals surface area contributed by atoms with Crippen molar-refractivity contribution in [2.24, 2.45) is 0 Å². The molecule has 0 saturated carbocycles. The highest BCUT2D eigenvalue weighted by Gasteiger charge is 2.09. The molecule has 6 heteroatoms. The standard InChI is InChI=1S/C11H14N4OS/c1-8(2)15-10(3-5-12-15)14-11(16)13-9-4-6-17-7-9/h3-8H,1-2H3,(H2,13,14,16). The second kappa shape index (κ2) is 5.01. The van der Waals surface area contributed by atoms with Crippen LogP contribution in [0.3, 0.4) is 0 Å². The molecule has 2 amide bonds. The number of anilines is 2. The van der Waals surface area contributed by atoms with E-state index in [9.17, 15) is 4.79 Å². The van der Waals surface area contributed by atoms with Gasteiger partial charge in [-0.2, -0.15) is 16.4 Å². The number of aromatic nitrogens is 2. The SMILES string of the molecule is CC(C)n1nccc1NC(=O)Nc1ccsc1. The van der Waals surface area contributed by atoms with E-state index in [1.165, 1.54) is 11.3 Å². The molecule has 0 radical (unpaired) electrons. The van der Waals surface area contributed by atoms with Crippen LogP contribution in [0.5, 0.6) is 0 Å². The molecule has 2 aromatic heterocycles. The van der Waals surface area contributed by atoms with E-state index in [1.54, 1.807) is 16.9 Å². The van der Waals surface area contributed by atoms with Crippen LogP contribution in [0.15, 0.2) is 29.1 Å². The first-order chi connectivity index (χ1) is 8.16. The largest absolute Gasteiger partial charge is 0.324 e. The lowest BCUT2D eigenvalue weighted by Crippen LogP contribution is -2.21. The van der Waals surface area contributed by atoms with Crippen molar-refractivity contribution in [2.75, 3.05) is 10.6 Å². The van der Waals surface area contributed by atoms with Gasteiger partial charge in [-0.05, 0) is 25.3 Å². The number of thiophene rings is 1. The molecule has 5 nitrogen and oxygen atoms in total. The normalized spacial score (nSPS) is 10.5. The zero-order chi connectivity index (χ0) is 12.3. The van der Waals surface area contributed by atoms with Crippen LogP contribution in [0.1, 0.15) is 19.9 Å². The van der Waals surface area contributed by atoms with Gasteiger partial charge in [-0.1, -0.05) is 0 Å². The van der Waals surface area contributed by atoms with Gasteiger partial charge in [-0.3, -0.25) is 5.32 Å². The van der Waals surface area contributed by atoms with Crippen LogP contribution in [0.4, 0.5) is 16.3 Å². The van der Waals surface area contributed by atoms with Crippen molar-refractivity contribution in [1.29, 1.82) is 0 Å². The summed E-state index contributed by atoms with van der Waals surface area (Å²) in [4.78, 5) is 11.7. The van der Waals surface area contributed by atoms with Gasteiger partial charge in [0.05, 0.1) is 11.9 Å². The summed E-state index contributed by atoms with van der Waals surface area (Å²) < 4.78 is 1.76. The molecule has 90 valence electrons. The summed E-state index contributed by atoms with van der Waals surface area (Å²) in [5.74, 6) is 0.688. The number of carbonyl (C=O) groups is 1. The Morgan fingerprint density at radius 1 is 1.41 bits per heavy atom. The first-order valence-corrected chi connectivity index (χ1v) is 6.25. The van der Waals surface area contributed by atoms with Gasteiger partial charge >= 0.3 is 6.03 Å². The highest BCUT2D eigenvalue weighted by atomic mass is 32.1. The van der Waals surface area contributed by atoms with Crippen molar-refractivity contribution in [1.82, 2.24) is 9.78 Å². The molecule has 2 rings (SSSR count). The molecule has 0 unspecified atom stereocenters. The molecular formula is C11H14N4OS. The molecule has 0 fully saturated rings. The molecule has 0 bridgehead atoms. The monoisotopic (exact) mass is 250 g/mol. The highest BCUT2D eigenvalue weighted by molar-refractivity contribution is 7.08. The average molecular weight is 250 g/mol. The number of nitrogens with zero attached hydrogens (tertiary/aromatic N) is 2. The summed E-state index contributed by atoms with van der Waals surface area (Å²) in [6.45, 7) is 4.02. The highest BCUT2D eigenvalue weighted by Crippen LogP contribution is 2.15. The van der Waals surface area contributed by atoms with Crippen molar-refractivity contribution in [3.05, 3.63) is 29.1 Å². The van der Waals surface area contributed by atoms with E-state index >= 15 is 0 Å². The van der Waals surface area contributed by atoms with E-state index in [0.29, 0.717) is 5.82 Å². The number of rotatable bonds is 3. The topological polar surface area (TPSA) is 59.0 Å². The van der Waals surface area contributed by atoms with Gasteiger partial charge in [0.2, 0.25) is 0 Å². The Morgan fingerprint density at radius 2 is 2.24 bits per heavy atom. The van der Waals surface area contributed by atoms with Crippen molar-refractivity contribution < 1.29 is 4.79 Å². The first-order valence-electron chi connectivity index (χ1n) is 5.30. The summed E-state index contributed by atoms with van der Waals surface area (Å²) in [7, 11) is 0. The van der Waals surface area contributed by atoms with E-state index in [1.807, 2.05) is 30.7 Å². The summed E-state index contributed by atoms with van der Waals surface area (Å²) in [6, 6.07) is 3.57. The number of hydrogen-bond donors (Lipinski definition) is 2. The van der Waals surface area contributed by atoms with E-state index < -0.39 is 0 Å². The predicted octanol–water partition coefficient (Wildman–Crippen LogP) is 3.17. The molecule has 0 aliphatic carbocycles. The fourth-order valence-corrected chi connectivity index (χ4v) is 2.03. The Hall–Kier alpha value is -1.82. The number of urea groups is 1. The van der Waals surface area contributed by atoms with Crippen LogP contribution in [-0.4, -0.2) is 15.8 Å².